The van der Waals surface area contributed by atoms with E-state index in [0.29, 0.717) is 16.4 Å². The smallest absolute Gasteiger partial charge is 0.341 e. The van der Waals surface area contributed by atoms with Gasteiger partial charge in [-0.2, -0.15) is 4.99 Å². The number of benzene rings is 2. The van der Waals surface area contributed by atoms with E-state index in [0.717, 1.165) is 11.6 Å². The molecule has 0 N–H and O–H groups in total. The minimum absolute atomic E-state index is 0.227. The molecule has 8 heteroatoms. The van der Waals surface area contributed by atoms with Gasteiger partial charge in [-0.3, -0.25) is 4.79 Å². The van der Waals surface area contributed by atoms with E-state index in [-0.39, 0.29) is 5.56 Å². The van der Waals surface area contributed by atoms with Crippen molar-refractivity contribution >= 4 is 34.8 Å². The van der Waals surface area contributed by atoms with Crippen LogP contribution in [-0.4, -0.2) is 23.1 Å². The molecule has 0 saturated carbocycles. The zero-order valence-electron chi connectivity index (χ0n) is 14.0. The minimum Gasteiger partial charge on any atom is -0.452 e. The Bertz CT molecular complexity index is 1040. The van der Waals surface area contributed by atoms with E-state index in [2.05, 4.69) is 4.99 Å². The van der Waals surface area contributed by atoms with Gasteiger partial charge >= 0.3 is 5.97 Å². The normalized spacial score (nSPS) is 11.4. The van der Waals surface area contributed by atoms with Crippen molar-refractivity contribution in [1.29, 1.82) is 0 Å². The fraction of sp³-hybridized carbons (Fsp3) is 0.105. The van der Waals surface area contributed by atoms with Gasteiger partial charge in [0, 0.05) is 16.6 Å². The Morgan fingerprint density at radius 1 is 1.15 bits per heavy atom. The average Bonchev–Trinajstić information content (AvgIpc) is 3.08. The Labute approximate surface area is 163 Å². The summed E-state index contributed by atoms with van der Waals surface area (Å²) in [6.07, 6.45) is 1.78. The van der Waals surface area contributed by atoms with Crippen LogP contribution >= 0.6 is 22.9 Å². The summed E-state index contributed by atoms with van der Waals surface area (Å²) in [5.41, 5.74) is 0.660. The number of hydrogen-bond acceptors (Lipinski definition) is 4. The Morgan fingerprint density at radius 3 is 2.67 bits per heavy atom. The van der Waals surface area contributed by atoms with Gasteiger partial charge in [-0.05, 0) is 23.8 Å². The summed E-state index contributed by atoms with van der Waals surface area (Å²) in [5, 5.41) is 2.40. The highest BCUT2D eigenvalue weighted by Gasteiger charge is 2.14. The zero-order chi connectivity index (χ0) is 19.2. The molecular weight excluding hydrogens is 391 g/mol. The molecule has 0 fully saturated rings. The molecule has 0 atom stereocenters. The largest absolute Gasteiger partial charge is 0.452 e. The van der Waals surface area contributed by atoms with Crippen LogP contribution in [0.4, 0.5) is 4.39 Å². The fourth-order valence-corrected chi connectivity index (χ4v) is 3.23. The molecule has 0 aliphatic heterocycles. The first kappa shape index (κ1) is 19.0. The quantitative estimate of drug-likeness (QED) is 0.609. The Kier molecular flexibility index (Phi) is 6.16. The fourth-order valence-electron chi connectivity index (χ4n) is 2.29. The van der Waals surface area contributed by atoms with Crippen LogP contribution < -0.4 is 4.80 Å². The zero-order valence-corrected chi connectivity index (χ0v) is 15.5. The monoisotopic (exact) mass is 404 g/mol. The maximum atomic E-state index is 13.5. The molecule has 0 radical (unpaired) electrons. The van der Waals surface area contributed by atoms with Crippen molar-refractivity contribution < 1.29 is 18.7 Å². The van der Waals surface area contributed by atoms with Crippen molar-refractivity contribution in [2.45, 2.75) is 6.54 Å². The molecule has 3 aromatic rings. The van der Waals surface area contributed by atoms with Crippen molar-refractivity contribution in [2.75, 3.05) is 6.61 Å². The summed E-state index contributed by atoms with van der Waals surface area (Å²) in [5.74, 6) is -2.26. The molecule has 1 heterocycles. The topological polar surface area (TPSA) is 60.7 Å². The molecule has 0 unspecified atom stereocenters. The minimum atomic E-state index is -0.910. The van der Waals surface area contributed by atoms with E-state index in [9.17, 15) is 14.0 Å². The third-order valence-corrected chi connectivity index (χ3v) is 4.76. The molecule has 1 amide bonds. The summed E-state index contributed by atoms with van der Waals surface area (Å²) in [7, 11) is 0. The molecule has 0 saturated heterocycles. The number of carbonyl (C=O) groups excluding carboxylic acids is 2. The lowest BCUT2D eigenvalue weighted by atomic mass is 10.2. The molecule has 5 nitrogen and oxygen atoms in total. The molecule has 2 aromatic carbocycles. The predicted molar refractivity (Wildman–Crippen MR) is 100 cm³/mol. The summed E-state index contributed by atoms with van der Waals surface area (Å²) < 4.78 is 20.2. The van der Waals surface area contributed by atoms with Gasteiger partial charge in [0.05, 0.1) is 12.1 Å². The Hall–Kier alpha value is -2.77. The number of ether oxygens (including phenoxy) is 1. The maximum Gasteiger partial charge on any atom is 0.341 e. The number of nitrogens with zero attached hydrogens (tertiary/aromatic N) is 2. The second kappa shape index (κ2) is 8.75. The van der Waals surface area contributed by atoms with Crippen molar-refractivity contribution in [2.24, 2.45) is 4.99 Å². The van der Waals surface area contributed by atoms with E-state index in [1.54, 1.807) is 22.2 Å². The van der Waals surface area contributed by atoms with E-state index in [4.69, 9.17) is 16.3 Å². The van der Waals surface area contributed by atoms with Gasteiger partial charge in [0.1, 0.15) is 5.82 Å². The standard InChI is InChI=1S/C19H14ClFN2O3S/c20-15-7-3-1-5-13(15)11-23-9-10-27-19(23)22-17(24)12-26-18(25)14-6-2-4-8-16(14)21/h1-10H,11-12H2. The lowest BCUT2D eigenvalue weighted by Crippen LogP contribution is -2.20. The van der Waals surface area contributed by atoms with E-state index < -0.39 is 24.3 Å². The van der Waals surface area contributed by atoms with Crippen LogP contribution in [0.5, 0.6) is 0 Å². The highest BCUT2D eigenvalue weighted by atomic mass is 35.5. The molecule has 0 aliphatic carbocycles. The summed E-state index contributed by atoms with van der Waals surface area (Å²) in [6, 6.07) is 12.8. The third kappa shape index (κ3) is 4.90. The maximum absolute atomic E-state index is 13.5. The molecule has 27 heavy (non-hydrogen) atoms. The number of carbonyl (C=O) groups is 2. The summed E-state index contributed by atoms with van der Waals surface area (Å²) >= 11 is 7.43. The van der Waals surface area contributed by atoms with E-state index in [1.807, 2.05) is 18.2 Å². The molecule has 138 valence electrons. The second-order valence-electron chi connectivity index (χ2n) is 5.47. The van der Waals surface area contributed by atoms with Crippen LogP contribution in [0.3, 0.4) is 0 Å². The van der Waals surface area contributed by atoms with Crippen LogP contribution in [0.25, 0.3) is 0 Å². The van der Waals surface area contributed by atoms with Gasteiger partial charge < -0.3 is 9.30 Å². The van der Waals surface area contributed by atoms with Crippen molar-refractivity contribution in [1.82, 2.24) is 4.57 Å². The van der Waals surface area contributed by atoms with Gasteiger partial charge in [0.25, 0.3) is 5.91 Å². The number of amides is 1. The van der Waals surface area contributed by atoms with Gasteiger partial charge in [0.15, 0.2) is 11.4 Å². The molecule has 3 rings (SSSR count). The highest BCUT2D eigenvalue weighted by molar-refractivity contribution is 7.07. The van der Waals surface area contributed by atoms with Crippen molar-refractivity contribution in [3.63, 3.8) is 0 Å². The van der Waals surface area contributed by atoms with Crippen molar-refractivity contribution in [3.8, 4) is 0 Å². The Morgan fingerprint density at radius 2 is 1.89 bits per heavy atom. The van der Waals surface area contributed by atoms with Crippen LogP contribution in [0.2, 0.25) is 5.02 Å². The van der Waals surface area contributed by atoms with Crippen LogP contribution in [0.15, 0.2) is 65.1 Å². The van der Waals surface area contributed by atoms with E-state index in [1.165, 1.54) is 29.5 Å². The second-order valence-corrected chi connectivity index (χ2v) is 6.75. The molecule has 0 bridgehead atoms. The SMILES string of the molecule is O=C(COC(=O)c1ccccc1F)N=c1sccn1Cc1ccccc1Cl. The first-order valence-corrected chi connectivity index (χ1v) is 9.17. The van der Waals surface area contributed by atoms with Gasteiger partial charge in [-0.1, -0.05) is 41.9 Å². The highest BCUT2D eigenvalue weighted by Crippen LogP contribution is 2.15. The number of rotatable bonds is 5. The molecule has 0 aliphatic rings. The lowest BCUT2D eigenvalue weighted by Gasteiger charge is -2.05. The number of esters is 1. The van der Waals surface area contributed by atoms with Crippen LogP contribution in [-0.2, 0) is 16.1 Å². The van der Waals surface area contributed by atoms with Crippen LogP contribution in [0, 0.1) is 5.82 Å². The first-order chi connectivity index (χ1) is 13.0. The lowest BCUT2D eigenvalue weighted by molar-refractivity contribution is -0.121. The average molecular weight is 405 g/mol. The molecule has 0 spiro atoms. The van der Waals surface area contributed by atoms with Gasteiger partial charge in [0.2, 0.25) is 0 Å². The molecular formula is C19H14ClFN2O3S. The number of thiazole rings is 1. The van der Waals surface area contributed by atoms with E-state index >= 15 is 0 Å². The number of hydrogen-bond donors (Lipinski definition) is 0. The van der Waals surface area contributed by atoms with Gasteiger partial charge in [-0.15, -0.1) is 11.3 Å². The summed E-state index contributed by atoms with van der Waals surface area (Å²) in [6.45, 7) is -0.124. The number of halogens is 2. The predicted octanol–water partition coefficient (Wildman–Crippen LogP) is 3.67. The van der Waals surface area contributed by atoms with Crippen molar-refractivity contribution in [3.05, 3.63) is 86.9 Å². The third-order valence-electron chi connectivity index (χ3n) is 3.60. The Balaban J connectivity index is 1.68. The van der Waals surface area contributed by atoms with Gasteiger partial charge in [-0.25, -0.2) is 9.18 Å². The summed E-state index contributed by atoms with van der Waals surface area (Å²) in [4.78, 5) is 28.3. The molecule has 1 aromatic heterocycles. The number of aromatic nitrogens is 1. The first-order valence-electron chi connectivity index (χ1n) is 7.91. The van der Waals surface area contributed by atoms with Crippen LogP contribution in [0.1, 0.15) is 15.9 Å².